The Morgan fingerprint density at radius 3 is 2.42 bits per heavy atom. The van der Waals surface area contributed by atoms with Crippen molar-refractivity contribution >= 4 is 17.1 Å². The van der Waals surface area contributed by atoms with Gasteiger partial charge in [-0.05, 0) is 36.1 Å². The second-order valence-electron chi connectivity index (χ2n) is 5.68. The monoisotopic (exact) mass is 276 g/mol. The lowest BCUT2D eigenvalue weighted by molar-refractivity contribution is 0.103. The van der Waals surface area contributed by atoms with E-state index in [2.05, 4.69) is 20.8 Å². The molecule has 0 aliphatic heterocycles. The van der Waals surface area contributed by atoms with Crippen LogP contribution in [0.25, 0.3) is 0 Å². The van der Waals surface area contributed by atoms with Crippen molar-refractivity contribution < 1.29 is 9.18 Å². The molecule has 0 atom stereocenters. The van der Waals surface area contributed by atoms with E-state index in [9.17, 15) is 9.18 Å². The summed E-state index contributed by atoms with van der Waals surface area (Å²) in [7, 11) is 0. The Morgan fingerprint density at radius 1 is 1.16 bits per heavy atom. The summed E-state index contributed by atoms with van der Waals surface area (Å²) in [5.74, 6) is -0.653. The number of ketones is 1. The van der Waals surface area contributed by atoms with Crippen molar-refractivity contribution in [2.24, 2.45) is 0 Å². The summed E-state index contributed by atoms with van der Waals surface area (Å²) in [6.45, 7) is 7.96. The molecule has 0 radical (unpaired) electrons. The van der Waals surface area contributed by atoms with E-state index in [1.54, 1.807) is 31.2 Å². The van der Waals surface area contributed by atoms with Gasteiger partial charge in [0.15, 0.2) is 0 Å². The highest BCUT2D eigenvalue weighted by molar-refractivity contribution is 7.14. The molecule has 1 aromatic heterocycles. The van der Waals surface area contributed by atoms with Crippen LogP contribution in [0.2, 0.25) is 0 Å². The van der Waals surface area contributed by atoms with Crippen molar-refractivity contribution in [3.8, 4) is 0 Å². The lowest BCUT2D eigenvalue weighted by Crippen LogP contribution is -2.08. The fourth-order valence-corrected chi connectivity index (χ4v) is 2.84. The maximum Gasteiger partial charge on any atom is 0.205 e. The Hall–Kier alpha value is -1.48. The summed E-state index contributed by atoms with van der Waals surface area (Å²) in [6, 6.07) is 8.66. The molecule has 100 valence electrons. The Balaban J connectivity index is 2.40. The third-order valence-corrected chi connectivity index (χ3v) is 4.52. The van der Waals surface area contributed by atoms with Crippen LogP contribution in [0.3, 0.4) is 0 Å². The molecule has 0 aliphatic carbocycles. The molecule has 0 aliphatic rings. The fraction of sp³-hybridized carbons (Fsp3) is 0.312. The van der Waals surface area contributed by atoms with Crippen LogP contribution in [-0.4, -0.2) is 5.78 Å². The summed E-state index contributed by atoms with van der Waals surface area (Å²) in [4.78, 5) is 14.1. The van der Waals surface area contributed by atoms with E-state index in [0.29, 0.717) is 10.4 Å². The van der Waals surface area contributed by atoms with Gasteiger partial charge in [0.1, 0.15) is 5.82 Å². The maximum absolute atomic E-state index is 14.0. The Morgan fingerprint density at radius 2 is 1.84 bits per heavy atom. The van der Waals surface area contributed by atoms with Gasteiger partial charge in [0, 0.05) is 4.88 Å². The van der Waals surface area contributed by atoms with Crippen molar-refractivity contribution in [3.05, 3.63) is 57.0 Å². The first-order chi connectivity index (χ1) is 8.80. The molecule has 0 spiro atoms. The molecular weight excluding hydrogens is 259 g/mol. The Bertz CT molecular complexity index is 620. The number of aryl methyl sites for hydroxylation is 1. The van der Waals surface area contributed by atoms with E-state index in [4.69, 9.17) is 0 Å². The second kappa shape index (κ2) is 4.89. The topological polar surface area (TPSA) is 17.1 Å². The number of halogens is 1. The summed E-state index contributed by atoms with van der Waals surface area (Å²) >= 11 is 1.44. The minimum atomic E-state index is -0.418. The second-order valence-corrected chi connectivity index (χ2v) is 6.76. The van der Waals surface area contributed by atoms with Gasteiger partial charge >= 0.3 is 0 Å². The van der Waals surface area contributed by atoms with Gasteiger partial charge in [-0.25, -0.2) is 4.39 Å². The number of rotatable bonds is 2. The number of carbonyl (C=O) groups excluding carboxylic acids is 1. The van der Waals surface area contributed by atoms with Gasteiger partial charge in [-0.1, -0.05) is 32.9 Å². The van der Waals surface area contributed by atoms with Gasteiger partial charge in [-0.3, -0.25) is 4.79 Å². The van der Waals surface area contributed by atoms with E-state index in [1.165, 1.54) is 11.3 Å². The molecule has 3 heteroatoms. The van der Waals surface area contributed by atoms with E-state index in [1.807, 2.05) is 6.07 Å². The molecule has 1 heterocycles. The average molecular weight is 276 g/mol. The van der Waals surface area contributed by atoms with Crippen molar-refractivity contribution in [2.45, 2.75) is 33.1 Å². The number of thiophene rings is 1. The highest BCUT2D eigenvalue weighted by Gasteiger charge is 2.21. The van der Waals surface area contributed by atoms with Crippen molar-refractivity contribution in [2.75, 3.05) is 0 Å². The molecule has 2 aromatic rings. The van der Waals surface area contributed by atoms with Crippen molar-refractivity contribution in [1.29, 1.82) is 0 Å². The van der Waals surface area contributed by atoms with E-state index in [-0.39, 0.29) is 16.8 Å². The average Bonchev–Trinajstić information content (AvgIpc) is 2.81. The van der Waals surface area contributed by atoms with Crippen LogP contribution in [0.5, 0.6) is 0 Å². The summed E-state index contributed by atoms with van der Waals surface area (Å²) in [5.41, 5.74) is 0.662. The van der Waals surface area contributed by atoms with E-state index >= 15 is 0 Å². The molecule has 0 unspecified atom stereocenters. The van der Waals surface area contributed by atoms with Gasteiger partial charge in [0.25, 0.3) is 0 Å². The van der Waals surface area contributed by atoms with E-state index in [0.717, 1.165) is 4.88 Å². The van der Waals surface area contributed by atoms with Gasteiger partial charge in [0.05, 0.1) is 10.4 Å². The quantitative estimate of drug-likeness (QED) is 0.725. The van der Waals surface area contributed by atoms with Gasteiger partial charge in [-0.15, -0.1) is 11.3 Å². The first-order valence-corrected chi connectivity index (χ1v) is 7.02. The molecule has 0 saturated carbocycles. The predicted molar refractivity (Wildman–Crippen MR) is 77.6 cm³/mol. The molecule has 0 bridgehead atoms. The van der Waals surface area contributed by atoms with Crippen LogP contribution in [0.1, 0.15) is 46.4 Å². The SMILES string of the molecule is Cc1cccc(C(=O)c2ccc(C(C)(C)C)s2)c1F. The van der Waals surface area contributed by atoms with Crippen molar-refractivity contribution in [1.82, 2.24) is 0 Å². The van der Waals surface area contributed by atoms with Gasteiger partial charge in [-0.2, -0.15) is 0 Å². The van der Waals surface area contributed by atoms with Crippen LogP contribution >= 0.6 is 11.3 Å². The van der Waals surface area contributed by atoms with Crippen LogP contribution in [-0.2, 0) is 5.41 Å². The smallest absolute Gasteiger partial charge is 0.205 e. The fourth-order valence-electron chi connectivity index (χ4n) is 1.82. The molecular formula is C16H17FOS. The highest BCUT2D eigenvalue weighted by atomic mass is 32.1. The third kappa shape index (κ3) is 2.76. The lowest BCUT2D eigenvalue weighted by Gasteiger charge is -2.15. The zero-order valence-electron chi connectivity index (χ0n) is 11.6. The predicted octanol–water partition coefficient (Wildman–Crippen LogP) is 4.72. The molecule has 0 amide bonds. The normalized spacial score (nSPS) is 11.6. The van der Waals surface area contributed by atoms with Gasteiger partial charge in [0.2, 0.25) is 5.78 Å². The van der Waals surface area contributed by atoms with E-state index < -0.39 is 5.82 Å². The Kier molecular flexibility index (Phi) is 3.59. The highest BCUT2D eigenvalue weighted by Crippen LogP contribution is 2.31. The lowest BCUT2D eigenvalue weighted by atomic mass is 9.95. The van der Waals surface area contributed by atoms with Crippen LogP contribution in [0.4, 0.5) is 4.39 Å². The molecule has 0 N–H and O–H groups in total. The van der Waals surface area contributed by atoms with Gasteiger partial charge < -0.3 is 0 Å². The Labute approximate surface area is 117 Å². The molecule has 0 fully saturated rings. The first-order valence-electron chi connectivity index (χ1n) is 6.21. The molecule has 2 rings (SSSR count). The largest absolute Gasteiger partial charge is 0.288 e. The number of carbonyl (C=O) groups is 1. The summed E-state index contributed by atoms with van der Waals surface area (Å²) < 4.78 is 14.0. The van der Waals surface area contributed by atoms with Crippen LogP contribution < -0.4 is 0 Å². The summed E-state index contributed by atoms with van der Waals surface area (Å²) in [6.07, 6.45) is 0. The minimum Gasteiger partial charge on any atom is -0.288 e. The molecule has 1 aromatic carbocycles. The molecule has 0 saturated heterocycles. The summed E-state index contributed by atoms with van der Waals surface area (Å²) in [5, 5.41) is 0. The van der Waals surface area contributed by atoms with Crippen LogP contribution in [0.15, 0.2) is 30.3 Å². The number of hydrogen-bond acceptors (Lipinski definition) is 2. The maximum atomic E-state index is 14.0. The zero-order chi connectivity index (χ0) is 14.2. The number of hydrogen-bond donors (Lipinski definition) is 0. The number of benzene rings is 1. The molecule has 19 heavy (non-hydrogen) atoms. The first kappa shape index (κ1) is 13.9. The molecule has 1 nitrogen and oxygen atoms in total. The van der Waals surface area contributed by atoms with Crippen molar-refractivity contribution in [3.63, 3.8) is 0 Å². The minimum absolute atomic E-state index is 0.00828. The zero-order valence-corrected chi connectivity index (χ0v) is 12.4. The van der Waals surface area contributed by atoms with Crippen LogP contribution in [0, 0.1) is 12.7 Å². The standard InChI is InChI=1S/C16H17FOS/c1-10-6-5-7-11(14(10)17)15(18)12-8-9-13(19-12)16(2,3)4/h5-9H,1-4H3. The third-order valence-electron chi connectivity index (χ3n) is 3.01.